The van der Waals surface area contributed by atoms with Gasteiger partial charge < -0.3 is 10.4 Å². The number of carboxylic acid groups (broad SMARTS) is 1. The first kappa shape index (κ1) is 19.3. The van der Waals surface area contributed by atoms with Crippen LogP contribution >= 0.6 is 0 Å². The molecular formula is C26H29NO3. The second-order valence-electron chi connectivity index (χ2n) is 10.00. The Morgan fingerprint density at radius 1 is 0.967 bits per heavy atom. The Kier molecular flexibility index (Phi) is 4.68. The zero-order valence-electron chi connectivity index (χ0n) is 17.5. The van der Waals surface area contributed by atoms with Gasteiger partial charge in [0.15, 0.2) is 0 Å². The molecule has 30 heavy (non-hydrogen) atoms. The first-order valence-electron chi connectivity index (χ1n) is 11.1. The van der Waals surface area contributed by atoms with Crippen LogP contribution in [0.3, 0.4) is 0 Å². The van der Waals surface area contributed by atoms with Crippen LogP contribution in [0.2, 0.25) is 0 Å². The fraction of sp³-hybridized carbons (Fsp3) is 0.462. The summed E-state index contributed by atoms with van der Waals surface area (Å²) >= 11 is 0. The van der Waals surface area contributed by atoms with Crippen LogP contribution in [0.25, 0.3) is 11.1 Å². The van der Waals surface area contributed by atoms with Crippen molar-refractivity contribution < 1.29 is 14.7 Å². The predicted molar refractivity (Wildman–Crippen MR) is 117 cm³/mol. The summed E-state index contributed by atoms with van der Waals surface area (Å²) in [5, 5.41) is 13.1. The van der Waals surface area contributed by atoms with Gasteiger partial charge in [-0.05, 0) is 85.8 Å². The van der Waals surface area contributed by atoms with Gasteiger partial charge in [0.05, 0.1) is 11.1 Å². The molecule has 0 radical (unpaired) electrons. The number of hydrogen-bond donors (Lipinski definition) is 2. The molecule has 4 aliphatic carbocycles. The highest BCUT2D eigenvalue weighted by atomic mass is 16.4. The quantitative estimate of drug-likeness (QED) is 0.711. The Bertz CT molecular complexity index is 957. The van der Waals surface area contributed by atoms with Crippen molar-refractivity contribution >= 4 is 11.9 Å². The molecule has 0 heterocycles. The van der Waals surface area contributed by atoms with Gasteiger partial charge in [0, 0.05) is 6.54 Å². The normalized spacial score (nSPS) is 29.0. The molecule has 6 rings (SSSR count). The molecule has 4 fully saturated rings. The summed E-state index contributed by atoms with van der Waals surface area (Å²) in [7, 11) is 0. The van der Waals surface area contributed by atoms with Gasteiger partial charge in [-0.3, -0.25) is 4.79 Å². The Balaban J connectivity index is 1.40. The van der Waals surface area contributed by atoms with Crippen molar-refractivity contribution in [2.24, 2.45) is 23.2 Å². The van der Waals surface area contributed by atoms with Crippen LogP contribution < -0.4 is 5.32 Å². The van der Waals surface area contributed by atoms with Gasteiger partial charge in [0.25, 0.3) is 5.91 Å². The van der Waals surface area contributed by atoms with E-state index in [2.05, 4.69) is 5.32 Å². The molecule has 4 heteroatoms. The first-order chi connectivity index (χ1) is 14.4. The van der Waals surface area contributed by atoms with Crippen molar-refractivity contribution in [1.29, 1.82) is 0 Å². The molecule has 4 saturated carbocycles. The molecular weight excluding hydrogens is 374 g/mol. The van der Waals surface area contributed by atoms with Crippen LogP contribution in [-0.2, 0) is 0 Å². The summed E-state index contributed by atoms with van der Waals surface area (Å²) in [6.45, 7) is 2.67. The third-order valence-corrected chi connectivity index (χ3v) is 7.67. The molecule has 0 unspecified atom stereocenters. The Labute approximate surface area is 177 Å². The van der Waals surface area contributed by atoms with E-state index in [-0.39, 0.29) is 22.4 Å². The van der Waals surface area contributed by atoms with Crippen LogP contribution in [0, 0.1) is 30.1 Å². The lowest BCUT2D eigenvalue weighted by molar-refractivity contribution is -0.0503. The van der Waals surface area contributed by atoms with Crippen LogP contribution in [0.1, 0.15) is 64.8 Å². The van der Waals surface area contributed by atoms with Crippen molar-refractivity contribution in [1.82, 2.24) is 5.32 Å². The average molecular weight is 404 g/mol. The summed E-state index contributed by atoms with van der Waals surface area (Å²) in [6, 6.07) is 12.9. The maximum absolute atomic E-state index is 13.1. The molecule has 0 aromatic heterocycles. The maximum Gasteiger partial charge on any atom is 0.337 e. The lowest BCUT2D eigenvalue weighted by atomic mass is 9.49. The van der Waals surface area contributed by atoms with Crippen molar-refractivity contribution in [2.75, 3.05) is 6.54 Å². The minimum atomic E-state index is -1.06. The standard InChI is InChI=1S/C26H29NO3/c1-16-5-7-20(8-6-16)21-3-2-4-22(23(21)25(29)30)24(28)27-15-26-12-17-9-18(13-26)11-19(10-17)14-26/h2-8,17-19H,9-15H2,1H3,(H,27,28)(H,29,30). The van der Waals surface area contributed by atoms with E-state index in [1.165, 1.54) is 38.5 Å². The molecule has 0 spiro atoms. The monoisotopic (exact) mass is 403 g/mol. The third kappa shape index (κ3) is 3.42. The second kappa shape index (κ2) is 7.26. The zero-order valence-corrected chi connectivity index (χ0v) is 17.5. The smallest absolute Gasteiger partial charge is 0.337 e. The largest absolute Gasteiger partial charge is 0.478 e. The first-order valence-corrected chi connectivity index (χ1v) is 11.1. The number of carbonyl (C=O) groups excluding carboxylic acids is 1. The van der Waals surface area contributed by atoms with Crippen LogP contribution in [0.4, 0.5) is 0 Å². The highest BCUT2D eigenvalue weighted by molar-refractivity contribution is 6.08. The molecule has 156 valence electrons. The molecule has 1 amide bonds. The lowest BCUT2D eigenvalue weighted by Crippen LogP contribution is -2.51. The van der Waals surface area contributed by atoms with Gasteiger partial charge in [-0.1, -0.05) is 42.0 Å². The fourth-order valence-corrected chi connectivity index (χ4v) is 6.82. The van der Waals surface area contributed by atoms with Gasteiger partial charge in [-0.15, -0.1) is 0 Å². The maximum atomic E-state index is 13.1. The lowest BCUT2D eigenvalue weighted by Gasteiger charge is -2.56. The Hall–Kier alpha value is -2.62. The molecule has 0 atom stereocenters. The Morgan fingerprint density at radius 2 is 1.57 bits per heavy atom. The number of rotatable bonds is 5. The highest BCUT2D eigenvalue weighted by Gasteiger charge is 2.50. The predicted octanol–water partition coefficient (Wildman–Crippen LogP) is 5.31. The summed E-state index contributed by atoms with van der Waals surface area (Å²) in [6.07, 6.45) is 7.76. The van der Waals surface area contributed by atoms with E-state index in [1.807, 2.05) is 31.2 Å². The molecule has 4 aliphatic rings. The van der Waals surface area contributed by atoms with Crippen LogP contribution in [0.5, 0.6) is 0 Å². The Morgan fingerprint density at radius 3 is 2.13 bits per heavy atom. The average Bonchev–Trinajstić information content (AvgIpc) is 2.71. The zero-order chi connectivity index (χ0) is 20.9. The van der Waals surface area contributed by atoms with Crippen molar-refractivity contribution in [2.45, 2.75) is 45.4 Å². The molecule has 0 saturated heterocycles. The van der Waals surface area contributed by atoms with E-state index in [0.29, 0.717) is 12.1 Å². The number of carboxylic acids is 1. The van der Waals surface area contributed by atoms with E-state index in [4.69, 9.17) is 0 Å². The van der Waals surface area contributed by atoms with Gasteiger partial charge in [-0.25, -0.2) is 4.79 Å². The molecule has 0 aliphatic heterocycles. The van der Waals surface area contributed by atoms with Crippen LogP contribution in [0.15, 0.2) is 42.5 Å². The SMILES string of the molecule is Cc1ccc(-c2cccc(C(=O)NCC34CC5CC(CC(C5)C3)C4)c2C(=O)O)cc1. The van der Waals surface area contributed by atoms with Gasteiger partial charge in [-0.2, -0.15) is 0 Å². The summed E-state index contributed by atoms with van der Waals surface area (Å²) in [5.41, 5.74) is 3.08. The van der Waals surface area contributed by atoms with Gasteiger partial charge in [0.2, 0.25) is 0 Å². The number of amides is 1. The number of nitrogens with one attached hydrogen (secondary N) is 1. The highest BCUT2D eigenvalue weighted by Crippen LogP contribution is 2.59. The fourth-order valence-electron chi connectivity index (χ4n) is 6.82. The van der Waals surface area contributed by atoms with E-state index in [1.54, 1.807) is 18.2 Å². The number of carbonyl (C=O) groups is 2. The van der Waals surface area contributed by atoms with Crippen LogP contribution in [-0.4, -0.2) is 23.5 Å². The topological polar surface area (TPSA) is 66.4 Å². The molecule has 2 N–H and O–H groups in total. The number of aromatic carboxylic acids is 1. The second-order valence-corrected chi connectivity index (χ2v) is 10.00. The van der Waals surface area contributed by atoms with E-state index in [0.717, 1.165) is 28.9 Å². The molecule has 4 bridgehead atoms. The molecule has 2 aromatic rings. The third-order valence-electron chi connectivity index (χ3n) is 7.67. The van der Waals surface area contributed by atoms with Crippen molar-refractivity contribution in [3.8, 4) is 11.1 Å². The minimum Gasteiger partial charge on any atom is -0.478 e. The van der Waals surface area contributed by atoms with Gasteiger partial charge in [0.1, 0.15) is 0 Å². The minimum absolute atomic E-state index is 0.0874. The summed E-state index contributed by atoms with van der Waals surface area (Å²) in [5.74, 6) is 1.15. The van der Waals surface area contributed by atoms with E-state index < -0.39 is 5.97 Å². The number of benzene rings is 2. The number of hydrogen-bond acceptors (Lipinski definition) is 2. The van der Waals surface area contributed by atoms with Crippen molar-refractivity contribution in [3.05, 3.63) is 59.2 Å². The van der Waals surface area contributed by atoms with Gasteiger partial charge >= 0.3 is 5.97 Å². The van der Waals surface area contributed by atoms with E-state index in [9.17, 15) is 14.7 Å². The number of aryl methyl sites for hydroxylation is 1. The van der Waals surface area contributed by atoms with E-state index >= 15 is 0 Å². The summed E-state index contributed by atoms with van der Waals surface area (Å²) in [4.78, 5) is 25.3. The molecule has 2 aromatic carbocycles. The molecule has 4 nitrogen and oxygen atoms in total. The summed E-state index contributed by atoms with van der Waals surface area (Å²) < 4.78 is 0. The van der Waals surface area contributed by atoms with Crippen molar-refractivity contribution in [3.63, 3.8) is 0 Å².